The van der Waals surface area contributed by atoms with E-state index in [0.717, 1.165) is 17.3 Å². The minimum atomic E-state index is 0.202. The van der Waals surface area contributed by atoms with Crippen molar-refractivity contribution in [2.75, 3.05) is 6.61 Å². The Morgan fingerprint density at radius 2 is 2.15 bits per heavy atom. The third kappa shape index (κ3) is 4.25. The summed E-state index contributed by atoms with van der Waals surface area (Å²) in [5, 5.41) is 8.81. The van der Waals surface area contributed by atoms with Gasteiger partial charge in [-0.2, -0.15) is 0 Å². The Labute approximate surface area is 95.4 Å². The largest absolute Gasteiger partial charge is 0.395 e. The molecule has 0 fully saturated rings. The molecule has 0 spiro atoms. The summed E-state index contributed by atoms with van der Waals surface area (Å²) in [6, 6.07) is 8.25. The van der Waals surface area contributed by atoms with Crippen LogP contribution in [0.1, 0.15) is 12.0 Å². The molecule has 0 aliphatic rings. The maximum absolute atomic E-state index is 8.81. The van der Waals surface area contributed by atoms with E-state index in [2.05, 4.69) is 44.0 Å². The highest BCUT2D eigenvalue weighted by atomic mass is 79.9. The van der Waals surface area contributed by atoms with Crippen molar-refractivity contribution < 1.29 is 5.11 Å². The van der Waals surface area contributed by atoms with Gasteiger partial charge in [-0.3, -0.25) is 0 Å². The highest BCUT2D eigenvalue weighted by molar-refractivity contribution is 9.10. The van der Waals surface area contributed by atoms with E-state index in [0.29, 0.717) is 0 Å². The van der Waals surface area contributed by atoms with E-state index in [9.17, 15) is 0 Å². The lowest BCUT2D eigenvalue weighted by Gasteiger charge is -2.05. The van der Waals surface area contributed by atoms with Gasteiger partial charge >= 0.3 is 0 Å². The lowest BCUT2D eigenvalue weighted by molar-refractivity contribution is 0.292. The van der Waals surface area contributed by atoms with Gasteiger partial charge in [-0.25, -0.2) is 0 Å². The summed E-state index contributed by atoms with van der Waals surface area (Å²) >= 11 is 6.82. The molecule has 0 aliphatic heterocycles. The van der Waals surface area contributed by atoms with Crippen molar-refractivity contribution in [3.63, 3.8) is 0 Å². The fraction of sp³-hybridized carbons (Fsp3) is 0.400. The van der Waals surface area contributed by atoms with Crippen LogP contribution in [0.5, 0.6) is 0 Å². The van der Waals surface area contributed by atoms with Crippen LogP contribution >= 0.6 is 31.9 Å². The number of aryl methyl sites for hydroxylation is 1. The van der Waals surface area contributed by atoms with Gasteiger partial charge in [0.25, 0.3) is 0 Å². The van der Waals surface area contributed by atoms with Gasteiger partial charge in [0.15, 0.2) is 0 Å². The zero-order valence-electron chi connectivity index (χ0n) is 7.21. The second-order valence-electron chi connectivity index (χ2n) is 2.95. The lowest BCUT2D eigenvalue weighted by atomic mass is 10.1. The summed E-state index contributed by atoms with van der Waals surface area (Å²) < 4.78 is 1.11. The van der Waals surface area contributed by atoms with Crippen molar-refractivity contribution in [1.82, 2.24) is 0 Å². The minimum Gasteiger partial charge on any atom is -0.395 e. The van der Waals surface area contributed by atoms with Crippen molar-refractivity contribution in [3.05, 3.63) is 34.3 Å². The van der Waals surface area contributed by atoms with Crippen molar-refractivity contribution in [3.8, 4) is 0 Å². The molecule has 13 heavy (non-hydrogen) atoms. The number of alkyl halides is 1. The summed E-state index contributed by atoms with van der Waals surface area (Å²) in [5.74, 6) is 0. The van der Waals surface area contributed by atoms with Crippen molar-refractivity contribution in [2.45, 2.75) is 17.7 Å². The molecule has 72 valence electrons. The average molecular weight is 308 g/mol. The maximum Gasteiger partial charge on any atom is 0.0556 e. The van der Waals surface area contributed by atoms with Crippen LogP contribution in [0, 0.1) is 0 Å². The highest BCUT2D eigenvalue weighted by Gasteiger charge is 2.02. The second-order valence-corrected chi connectivity index (χ2v) is 5.16. The molecule has 0 radical (unpaired) electrons. The molecule has 3 heteroatoms. The van der Waals surface area contributed by atoms with Gasteiger partial charge in [0, 0.05) is 9.30 Å². The Morgan fingerprint density at radius 1 is 1.38 bits per heavy atom. The van der Waals surface area contributed by atoms with E-state index in [4.69, 9.17) is 5.11 Å². The number of rotatable bonds is 4. The summed E-state index contributed by atoms with van der Waals surface area (Å²) in [7, 11) is 0. The topological polar surface area (TPSA) is 20.2 Å². The van der Waals surface area contributed by atoms with Crippen LogP contribution in [0.25, 0.3) is 0 Å². The first-order valence-corrected chi connectivity index (χ1v) is 5.92. The molecule has 0 bridgehead atoms. The van der Waals surface area contributed by atoms with Crippen LogP contribution in [0.2, 0.25) is 0 Å². The van der Waals surface area contributed by atoms with E-state index in [1.165, 1.54) is 5.56 Å². The van der Waals surface area contributed by atoms with Gasteiger partial charge < -0.3 is 5.11 Å². The first-order chi connectivity index (χ1) is 6.22. The summed E-state index contributed by atoms with van der Waals surface area (Å²) in [4.78, 5) is 0.214. The number of hydrogen-bond donors (Lipinski definition) is 1. The van der Waals surface area contributed by atoms with Crippen LogP contribution in [-0.4, -0.2) is 16.5 Å². The molecule has 0 aromatic heterocycles. The zero-order valence-corrected chi connectivity index (χ0v) is 10.4. The Hall–Kier alpha value is 0.140. The monoisotopic (exact) mass is 306 g/mol. The van der Waals surface area contributed by atoms with Gasteiger partial charge in [-0.05, 0) is 30.5 Å². The number of benzene rings is 1. The van der Waals surface area contributed by atoms with Crippen LogP contribution in [0.15, 0.2) is 28.7 Å². The normalized spacial score (nSPS) is 12.8. The quantitative estimate of drug-likeness (QED) is 0.847. The Kier molecular flexibility index (Phi) is 4.99. The van der Waals surface area contributed by atoms with Crippen LogP contribution in [0.3, 0.4) is 0 Å². The Morgan fingerprint density at radius 3 is 2.77 bits per heavy atom. The molecule has 1 aromatic carbocycles. The predicted octanol–water partition coefficient (Wildman–Crippen LogP) is 3.14. The van der Waals surface area contributed by atoms with Gasteiger partial charge in [0.2, 0.25) is 0 Å². The van der Waals surface area contributed by atoms with Crippen LogP contribution < -0.4 is 0 Å². The summed E-state index contributed by atoms with van der Waals surface area (Å²) in [6.45, 7) is 0.202. The SMILES string of the molecule is OCC(Br)CCc1cccc(Br)c1. The molecule has 1 nitrogen and oxygen atoms in total. The standard InChI is InChI=1S/C10H12Br2O/c11-9-3-1-2-8(6-9)4-5-10(12)7-13/h1-3,6,10,13H,4-5,7H2. The molecule has 0 heterocycles. The highest BCUT2D eigenvalue weighted by Crippen LogP contribution is 2.15. The number of aliphatic hydroxyl groups excluding tert-OH is 1. The second kappa shape index (κ2) is 5.78. The molecular formula is C10H12Br2O. The van der Waals surface area contributed by atoms with E-state index in [1.807, 2.05) is 12.1 Å². The molecule has 1 rings (SSSR count). The molecule has 1 N–H and O–H groups in total. The maximum atomic E-state index is 8.81. The fourth-order valence-electron chi connectivity index (χ4n) is 1.11. The third-order valence-electron chi connectivity index (χ3n) is 1.83. The molecule has 1 unspecified atom stereocenters. The first-order valence-electron chi connectivity index (χ1n) is 4.21. The average Bonchev–Trinajstić information content (AvgIpc) is 2.14. The van der Waals surface area contributed by atoms with Gasteiger partial charge in [-0.15, -0.1) is 0 Å². The number of aliphatic hydroxyl groups is 1. The zero-order chi connectivity index (χ0) is 9.68. The smallest absolute Gasteiger partial charge is 0.0556 e. The molecule has 0 amide bonds. The van der Waals surface area contributed by atoms with E-state index in [-0.39, 0.29) is 11.4 Å². The Bertz CT molecular complexity index is 263. The van der Waals surface area contributed by atoms with Crippen molar-refractivity contribution in [2.24, 2.45) is 0 Å². The Balaban J connectivity index is 2.45. The molecule has 1 aromatic rings. The minimum absolute atomic E-state index is 0.202. The van der Waals surface area contributed by atoms with Crippen molar-refractivity contribution >= 4 is 31.9 Å². The molecule has 1 atom stereocenters. The summed E-state index contributed by atoms with van der Waals surface area (Å²) in [5.41, 5.74) is 1.30. The number of hydrogen-bond acceptors (Lipinski definition) is 1. The molecule has 0 saturated heterocycles. The third-order valence-corrected chi connectivity index (χ3v) is 3.07. The summed E-state index contributed by atoms with van der Waals surface area (Å²) in [6.07, 6.45) is 1.96. The lowest BCUT2D eigenvalue weighted by Crippen LogP contribution is -2.04. The molecule has 0 saturated carbocycles. The van der Waals surface area contributed by atoms with Crippen LogP contribution in [-0.2, 0) is 6.42 Å². The van der Waals surface area contributed by atoms with Gasteiger partial charge in [0.05, 0.1) is 6.61 Å². The first kappa shape index (κ1) is 11.2. The molecule has 0 aliphatic carbocycles. The van der Waals surface area contributed by atoms with Gasteiger partial charge in [0.1, 0.15) is 0 Å². The van der Waals surface area contributed by atoms with Crippen molar-refractivity contribution in [1.29, 1.82) is 0 Å². The fourth-order valence-corrected chi connectivity index (χ4v) is 1.78. The molecular weight excluding hydrogens is 296 g/mol. The van der Waals surface area contributed by atoms with Crippen LogP contribution in [0.4, 0.5) is 0 Å². The van der Waals surface area contributed by atoms with E-state index in [1.54, 1.807) is 0 Å². The van der Waals surface area contributed by atoms with E-state index < -0.39 is 0 Å². The van der Waals surface area contributed by atoms with E-state index >= 15 is 0 Å². The van der Waals surface area contributed by atoms with Gasteiger partial charge in [-0.1, -0.05) is 44.0 Å². The predicted molar refractivity (Wildman–Crippen MR) is 62.3 cm³/mol. The number of halogens is 2.